The standard InChI is InChI=1S/C6H6BrF3N4S/c1-3(7)2-15-5-13-12-4(14(5)11)6(8,9)10/h1-2,11H2. The maximum absolute atomic E-state index is 12.2. The van der Waals surface area contributed by atoms with Gasteiger partial charge in [0.25, 0.3) is 5.82 Å². The van der Waals surface area contributed by atoms with Crippen molar-refractivity contribution in [1.82, 2.24) is 14.9 Å². The Hall–Kier alpha value is -0.700. The molecule has 15 heavy (non-hydrogen) atoms. The van der Waals surface area contributed by atoms with Gasteiger partial charge in [-0.3, -0.25) is 0 Å². The van der Waals surface area contributed by atoms with Crippen molar-refractivity contribution in [1.29, 1.82) is 0 Å². The molecule has 4 nitrogen and oxygen atoms in total. The quantitative estimate of drug-likeness (QED) is 0.685. The maximum atomic E-state index is 12.2. The number of alkyl halides is 3. The van der Waals surface area contributed by atoms with Crippen LogP contribution in [0.3, 0.4) is 0 Å². The summed E-state index contributed by atoms with van der Waals surface area (Å²) in [5.41, 5.74) is 0. The van der Waals surface area contributed by atoms with E-state index in [-0.39, 0.29) is 5.16 Å². The Balaban J connectivity index is 2.85. The molecule has 0 saturated carbocycles. The normalized spacial score (nSPS) is 11.7. The number of halogens is 4. The monoisotopic (exact) mass is 302 g/mol. The summed E-state index contributed by atoms with van der Waals surface area (Å²) in [6, 6.07) is 0. The second-order valence-corrected chi connectivity index (χ2v) is 4.54. The van der Waals surface area contributed by atoms with Gasteiger partial charge in [0.2, 0.25) is 5.16 Å². The Morgan fingerprint density at radius 3 is 2.53 bits per heavy atom. The molecule has 0 saturated heterocycles. The maximum Gasteiger partial charge on any atom is 0.453 e. The molecule has 1 aromatic rings. The minimum Gasteiger partial charge on any atom is -0.335 e. The van der Waals surface area contributed by atoms with Crippen LogP contribution in [0.2, 0.25) is 0 Å². The van der Waals surface area contributed by atoms with Crippen LogP contribution in [0.1, 0.15) is 5.82 Å². The Labute approximate surface area is 95.8 Å². The predicted molar refractivity (Wildman–Crippen MR) is 54.0 cm³/mol. The number of thioether (sulfide) groups is 1. The van der Waals surface area contributed by atoms with Gasteiger partial charge < -0.3 is 5.84 Å². The van der Waals surface area contributed by atoms with Crippen molar-refractivity contribution >= 4 is 27.7 Å². The van der Waals surface area contributed by atoms with Crippen LogP contribution in [0.5, 0.6) is 0 Å². The molecular weight excluding hydrogens is 297 g/mol. The summed E-state index contributed by atoms with van der Waals surface area (Å²) < 4.78 is 37.7. The first-order valence-electron chi connectivity index (χ1n) is 3.56. The largest absolute Gasteiger partial charge is 0.453 e. The van der Waals surface area contributed by atoms with E-state index in [1.807, 2.05) is 0 Å². The number of hydrogen-bond acceptors (Lipinski definition) is 4. The molecule has 2 N–H and O–H groups in total. The van der Waals surface area contributed by atoms with Crippen molar-refractivity contribution in [2.75, 3.05) is 11.6 Å². The molecule has 9 heteroatoms. The van der Waals surface area contributed by atoms with Crippen LogP contribution >= 0.6 is 27.7 Å². The first-order chi connectivity index (χ1) is 6.82. The number of nitrogen functional groups attached to an aromatic ring is 1. The van der Waals surface area contributed by atoms with Crippen LogP contribution in [0.4, 0.5) is 13.2 Å². The van der Waals surface area contributed by atoms with E-state index in [0.29, 0.717) is 14.9 Å². The van der Waals surface area contributed by atoms with E-state index < -0.39 is 12.0 Å². The van der Waals surface area contributed by atoms with Crippen molar-refractivity contribution in [2.24, 2.45) is 0 Å². The summed E-state index contributed by atoms with van der Waals surface area (Å²) >= 11 is 4.08. The van der Waals surface area contributed by atoms with Crippen molar-refractivity contribution in [2.45, 2.75) is 11.3 Å². The molecule has 0 unspecified atom stereocenters. The summed E-state index contributed by atoms with van der Waals surface area (Å²) in [7, 11) is 0. The van der Waals surface area contributed by atoms with E-state index in [1.54, 1.807) is 0 Å². The van der Waals surface area contributed by atoms with Gasteiger partial charge in [-0.15, -0.1) is 10.2 Å². The smallest absolute Gasteiger partial charge is 0.335 e. The highest BCUT2D eigenvalue weighted by molar-refractivity contribution is 9.11. The lowest BCUT2D eigenvalue weighted by atomic mass is 10.6. The third-order valence-corrected chi connectivity index (χ3v) is 2.96. The van der Waals surface area contributed by atoms with E-state index in [0.717, 1.165) is 11.8 Å². The lowest BCUT2D eigenvalue weighted by Gasteiger charge is -2.05. The number of aromatic nitrogens is 3. The SMILES string of the molecule is C=C(Br)CSc1nnc(C(F)(F)F)n1N. The van der Waals surface area contributed by atoms with Crippen LogP contribution in [0.15, 0.2) is 16.2 Å². The first-order valence-corrected chi connectivity index (χ1v) is 5.34. The molecular formula is C6H6BrF3N4S. The third-order valence-electron chi connectivity index (χ3n) is 1.28. The van der Waals surface area contributed by atoms with Gasteiger partial charge in [-0.2, -0.15) is 13.2 Å². The molecule has 0 radical (unpaired) electrons. The Morgan fingerprint density at radius 1 is 1.53 bits per heavy atom. The number of nitrogens with two attached hydrogens (primary N) is 1. The zero-order valence-corrected chi connectivity index (χ0v) is 9.66. The Bertz CT molecular complexity index is 375. The van der Waals surface area contributed by atoms with E-state index in [4.69, 9.17) is 5.84 Å². The lowest BCUT2D eigenvalue weighted by molar-refractivity contribution is -0.146. The van der Waals surface area contributed by atoms with Gasteiger partial charge in [0.05, 0.1) is 0 Å². The minimum atomic E-state index is -4.59. The van der Waals surface area contributed by atoms with Crippen LogP contribution in [-0.4, -0.2) is 20.6 Å². The molecule has 0 aliphatic carbocycles. The fourth-order valence-corrected chi connectivity index (χ4v) is 1.66. The predicted octanol–water partition coefficient (Wildman–Crippen LogP) is 2.01. The molecule has 0 amide bonds. The van der Waals surface area contributed by atoms with Gasteiger partial charge in [0.1, 0.15) is 0 Å². The Kier molecular flexibility index (Phi) is 3.66. The van der Waals surface area contributed by atoms with Crippen molar-refractivity contribution < 1.29 is 13.2 Å². The fourth-order valence-electron chi connectivity index (χ4n) is 0.712. The molecule has 1 rings (SSSR count). The highest BCUT2D eigenvalue weighted by Crippen LogP contribution is 2.29. The van der Waals surface area contributed by atoms with Gasteiger partial charge >= 0.3 is 6.18 Å². The van der Waals surface area contributed by atoms with Crippen LogP contribution < -0.4 is 5.84 Å². The van der Waals surface area contributed by atoms with Gasteiger partial charge in [-0.05, 0) is 4.48 Å². The number of rotatable bonds is 3. The number of hydrogen-bond donors (Lipinski definition) is 1. The van der Waals surface area contributed by atoms with Gasteiger partial charge in [0.15, 0.2) is 0 Å². The fraction of sp³-hybridized carbons (Fsp3) is 0.333. The average molecular weight is 303 g/mol. The summed E-state index contributed by atoms with van der Waals surface area (Å²) in [5.74, 6) is 4.33. The van der Waals surface area contributed by atoms with Crippen LogP contribution in [0, 0.1) is 0 Å². The van der Waals surface area contributed by atoms with Crippen molar-refractivity contribution in [3.8, 4) is 0 Å². The van der Waals surface area contributed by atoms with Crippen LogP contribution in [0.25, 0.3) is 0 Å². The average Bonchev–Trinajstić information content (AvgIpc) is 2.42. The molecule has 1 heterocycles. The highest BCUT2D eigenvalue weighted by atomic mass is 79.9. The van der Waals surface area contributed by atoms with Gasteiger partial charge in [-0.1, -0.05) is 34.3 Å². The molecule has 0 aromatic carbocycles. The van der Waals surface area contributed by atoms with Crippen molar-refractivity contribution in [3.05, 3.63) is 16.9 Å². The molecule has 0 bridgehead atoms. The third kappa shape index (κ3) is 3.13. The summed E-state index contributed by atoms with van der Waals surface area (Å²) in [6.45, 7) is 3.53. The first kappa shape index (κ1) is 12.4. The van der Waals surface area contributed by atoms with Crippen LogP contribution in [-0.2, 0) is 6.18 Å². The molecule has 0 spiro atoms. The number of nitrogens with zero attached hydrogens (tertiary/aromatic N) is 3. The van der Waals surface area contributed by atoms with E-state index >= 15 is 0 Å². The summed E-state index contributed by atoms with van der Waals surface area (Å²) in [5, 5.41) is 6.27. The lowest BCUT2D eigenvalue weighted by Crippen LogP contribution is -2.21. The molecule has 84 valence electrons. The van der Waals surface area contributed by atoms with Gasteiger partial charge in [0, 0.05) is 5.75 Å². The summed E-state index contributed by atoms with van der Waals surface area (Å²) in [6.07, 6.45) is -4.59. The molecule has 0 atom stereocenters. The second kappa shape index (κ2) is 4.44. The highest BCUT2D eigenvalue weighted by Gasteiger charge is 2.38. The Morgan fingerprint density at radius 2 is 2.13 bits per heavy atom. The summed E-state index contributed by atoms with van der Waals surface area (Å²) in [4.78, 5) is 0. The molecule has 1 aromatic heterocycles. The zero-order valence-electron chi connectivity index (χ0n) is 7.25. The zero-order chi connectivity index (χ0) is 11.6. The van der Waals surface area contributed by atoms with E-state index in [1.165, 1.54) is 0 Å². The topological polar surface area (TPSA) is 56.7 Å². The second-order valence-electron chi connectivity index (χ2n) is 2.48. The van der Waals surface area contributed by atoms with Crippen molar-refractivity contribution in [3.63, 3.8) is 0 Å². The minimum absolute atomic E-state index is 0.0112. The molecule has 0 aliphatic heterocycles. The van der Waals surface area contributed by atoms with E-state index in [9.17, 15) is 13.2 Å². The molecule has 0 fully saturated rings. The molecule has 0 aliphatic rings. The van der Waals surface area contributed by atoms with Gasteiger partial charge in [-0.25, -0.2) is 4.68 Å². The van der Waals surface area contributed by atoms with E-state index in [2.05, 4.69) is 32.7 Å².